The van der Waals surface area contributed by atoms with Crippen LogP contribution in [0.4, 0.5) is 4.39 Å². The number of halogens is 1. The van der Waals surface area contributed by atoms with Crippen molar-refractivity contribution in [1.29, 1.82) is 0 Å². The van der Waals surface area contributed by atoms with Gasteiger partial charge in [-0.3, -0.25) is 4.79 Å². The van der Waals surface area contributed by atoms with Crippen LogP contribution < -0.4 is 5.32 Å². The summed E-state index contributed by atoms with van der Waals surface area (Å²) in [5, 5.41) is 2.30. The Kier molecular flexibility index (Phi) is 4.59. The van der Waals surface area contributed by atoms with Gasteiger partial charge in [-0.1, -0.05) is 12.1 Å². The Morgan fingerprint density at radius 1 is 1.39 bits per heavy atom. The highest BCUT2D eigenvalue weighted by molar-refractivity contribution is 5.97. The van der Waals surface area contributed by atoms with Crippen LogP contribution in [0.25, 0.3) is 6.08 Å². The summed E-state index contributed by atoms with van der Waals surface area (Å²) in [7, 11) is 1.18. The second-order valence-electron chi connectivity index (χ2n) is 3.76. The van der Waals surface area contributed by atoms with Crippen molar-refractivity contribution in [3.63, 3.8) is 0 Å². The molecule has 0 aromatic heterocycles. The Labute approximate surface area is 104 Å². The van der Waals surface area contributed by atoms with Gasteiger partial charge in [0.1, 0.15) is 11.5 Å². The van der Waals surface area contributed by atoms with Crippen molar-refractivity contribution in [2.45, 2.75) is 13.8 Å². The second kappa shape index (κ2) is 5.95. The minimum absolute atomic E-state index is 0.104. The number of nitrogens with one attached hydrogen (secondary N) is 1. The van der Waals surface area contributed by atoms with E-state index in [9.17, 15) is 14.0 Å². The minimum Gasteiger partial charge on any atom is -0.464 e. The molecule has 0 spiro atoms. The SMILES string of the molecule is COC(=O)C(=Cc1ccc(C)cc1F)NC(C)=O. The number of carbonyl (C=O) groups is 2. The Bertz CT molecular complexity index is 509. The highest BCUT2D eigenvalue weighted by atomic mass is 19.1. The first-order valence-corrected chi connectivity index (χ1v) is 5.27. The number of carbonyl (C=O) groups excluding carboxylic acids is 2. The van der Waals surface area contributed by atoms with Gasteiger partial charge in [-0.25, -0.2) is 9.18 Å². The summed E-state index contributed by atoms with van der Waals surface area (Å²) in [6, 6.07) is 4.57. The van der Waals surface area contributed by atoms with Gasteiger partial charge in [0.15, 0.2) is 0 Å². The Hall–Kier alpha value is -2.17. The van der Waals surface area contributed by atoms with Crippen LogP contribution in [-0.4, -0.2) is 19.0 Å². The molecule has 1 aromatic rings. The molecule has 18 heavy (non-hydrogen) atoms. The van der Waals surface area contributed by atoms with Gasteiger partial charge in [0, 0.05) is 12.5 Å². The molecule has 0 aliphatic rings. The first-order valence-electron chi connectivity index (χ1n) is 5.27. The topological polar surface area (TPSA) is 55.4 Å². The van der Waals surface area contributed by atoms with Crippen molar-refractivity contribution < 1.29 is 18.7 Å². The molecule has 0 saturated heterocycles. The average Bonchev–Trinajstić information content (AvgIpc) is 2.30. The van der Waals surface area contributed by atoms with E-state index in [2.05, 4.69) is 10.1 Å². The van der Waals surface area contributed by atoms with Gasteiger partial charge < -0.3 is 10.1 Å². The lowest BCUT2D eigenvalue weighted by Gasteiger charge is -2.06. The molecule has 1 aromatic carbocycles. The number of ether oxygens (including phenoxy) is 1. The van der Waals surface area contributed by atoms with Crippen LogP contribution >= 0.6 is 0 Å². The molecule has 0 aliphatic heterocycles. The van der Waals surface area contributed by atoms with Crippen molar-refractivity contribution in [3.05, 3.63) is 40.8 Å². The highest BCUT2D eigenvalue weighted by Gasteiger charge is 2.12. The third kappa shape index (κ3) is 3.69. The molecule has 0 unspecified atom stereocenters. The van der Waals surface area contributed by atoms with E-state index in [1.165, 1.54) is 32.2 Å². The largest absolute Gasteiger partial charge is 0.464 e. The smallest absolute Gasteiger partial charge is 0.354 e. The first kappa shape index (κ1) is 13.9. The maximum Gasteiger partial charge on any atom is 0.354 e. The van der Waals surface area contributed by atoms with Gasteiger partial charge in [0.2, 0.25) is 5.91 Å². The van der Waals surface area contributed by atoms with Crippen molar-refractivity contribution in [2.75, 3.05) is 7.11 Å². The van der Waals surface area contributed by atoms with E-state index >= 15 is 0 Å². The predicted molar refractivity (Wildman–Crippen MR) is 64.9 cm³/mol. The third-order valence-electron chi connectivity index (χ3n) is 2.17. The molecule has 0 atom stereocenters. The number of hydrogen-bond acceptors (Lipinski definition) is 3. The van der Waals surface area contributed by atoms with Crippen molar-refractivity contribution >= 4 is 18.0 Å². The zero-order chi connectivity index (χ0) is 13.7. The highest BCUT2D eigenvalue weighted by Crippen LogP contribution is 2.13. The third-order valence-corrected chi connectivity index (χ3v) is 2.17. The van der Waals surface area contributed by atoms with Crippen molar-refractivity contribution in [1.82, 2.24) is 5.32 Å². The number of aryl methyl sites for hydroxylation is 1. The quantitative estimate of drug-likeness (QED) is 0.658. The van der Waals surface area contributed by atoms with Crippen molar-refractivity contribution in [3.8, 4) is 0 Å². The molecule has 0 heterocycles. The zero-order valence-corrected chi connectivity index (χ0v) is 10.4. The molecule has 96 valence electrons. The molecule has 0 radical (unpaired) electrons. The summed E-state index contributed by atoms with van der Waals surface area (Å²) in [4.78, 5) is 22.4. The second-order valence-corrected chi connectivity index (χ2v) is 3.76. The van der Waals surface area contributed by atoms with Gasteiger partial charge in [-0.15, -0.1) is 0 Å². The van der Waals surface area contributed by atoms with E-state index in [1.807, 2.05) is 0 Å². The fourth-order valence-electron chi connectivity index (χ4n) is 1.35. The number of hydrogen-bond donors (Lipinski definition) is 1. The Morgan fingerprint density at radius 3 is 2.56 bits per heavy atom. The molecule has 0 aliphatic carbocycles. The zero-order valence-electron chi connectivity index (χ0n) is 10.4. The number of esters is 1. The van der Waals surface area contributed by atoms with Crippen LogP contribution in [0.5, 0.6) is 0 Å². The summed E-state index contributed by atoms with van der Waals surface area (Å²) < 4.78 is 18.1. The van der Waals surface area contributed by atoms with Gasteiger partial charge in [0.25, 0.3) is 0 Å². The summed E-state index contributed by atoms with van der Waals surface area (Å²) in [5.74, 6) is -1.63. The molecule has 1 N–H and O–H groups in total. The summed E-state index contributed by atoms with van der Waals surface area (Å²) >= 11 is 0. The van der Waals surface area contributed by atoms with Crippen molar-refractivity contribution in [2.24, 2.45) is 0 Å². The van der Waals surface area contributed by atoms with Crippen LogP contribution in [0.3, 0.4) is 0 Å². The lowest BCUT2D eigenvalue weighted by molar-refractivity contribution is -0.137. The molecule has 0 bridgehead atoms. The summed E-state index contributed by atoms with van der Waals surface area (Å²) in [6.07, 6.45) is 1.24. The maximum atomic E-state index is 13.6. The normalized spacial score (nSPS) is 11.0. The van der Waals surface area contributed by atoms with Crippen LogP contribution in [0.1, 0.15) is 18.1 Å². The summed E-state index contributed by atoms with van der Waals surface area (Å²) in [6.45, 7) is 3.01. The number of amides is 1. The van der Waals surface area contributed by atoms with Gasteiger partial charge >= 0.3 is 5.97 Å². The molecule has 1 amide bonds. The van der Waals surface area contributed by atoms with Crippen LogP contribution in [0.2, 0.25) is 0 Å². The first-order chi connectivity index (χ1) is 8.43. The predicted octanol–water partition coefficient (Wildman–Crippen LogP) is 1.78. The molecule has 4 nitrogen and oxygen atoms in total. The van der Waals surface area contributed by atoms with E-state index in [0.717, 1.165) is 5.56 Å². The number of methoxy groups -OCH3 is 1. The van der Waals surface area contributed by atoms with Crippen LogP contribution in [0.15, 0.2) is 23.9 Å². The average molecular weight is 251 g/mol. The molecule has 5 heteroatoms. The number of benzene rings is 1. The fourth-order valence-corrected chi connectivity index (χ4v) is 1.35. The van der Waals surface area contributed by atoms with E-state index in [-0.39, 0.29) is 11.3 Å². The standard InChI is InChI=1S/C13H14FNO3/c1-8-4-5-10(11(14)6-8)7-12(13(17)18-3)15-9(2)16/h4-7H,1-3H3,(H,15,16). The number of rotatable bonds is 3. The van der Waals surface area contributed by atoms with E-state index in [4.69, 9.17) is 0 Å². The Morgan fingerprint density at radius 2 is 2.06 bits per heavy atom. The van der Waals surface area contributed by atoms with Gasteiger partial charge in [0.05, 0.1) is 7.11 Å². The summed E-state index contributed by atoms with van der Waals surface area (Å²) in [5.41, 5.74) is 0.867. The molecule has 0 fully saturated rings. The monoisotopic (exact) mass is 251 g/mol. The van der Waals surface area contributed by atoms with Gasteiger partial charge in [-0.05, 0) is 24.6 Å². The fraction of sp³-hybridized carbons (Fsp3) is 0.231. The van der Waals surface area contributed by atoms with E-state index in [0.29, 0.717) is 0 Å². The molecule has 0 saturated carbocycles. The lowest BCUT2D eigenvalue weighted by atomic mass is 10.1. The Balaban J connectivity index is 3.14. The lowest BCUT2D eigenvalue weighted by Crippen LogP contribution is -2.25. The molecular formula is C13H14FNO3. The molecule has 1 rings (SSSR count). The molecular weight excluding hydrogens is 237 g/mol. The van der Waals surface area contributed by atoms with E-state index < -0.39 is 17.7 Å². The van der Waals surface area contributed by atoms with Crippen LogP contribution in [-0.2, 0) is 14.3 Å². The minimum atomic E-state index is -0.731. The van der Waals surface area contributed by atoms with Gasteiger partial charge in [-0.2, -0.15) is 0 Å². The van der Waals surface area contributed by atoms with Crippen LogP contribution in [0, 0.1) is 12.7 Å². The van der Waals surface area contributed by atoms with E-state index in [1.54, 1.807) is 13.0 Å². The maximum absolute atomic E-state index is 13.6.